The number of nitrogens with one attached hydrogen (secondary N) is 1. The summed E-state index contributed by atoms with van der Waals surface area (Å²) in [5, 5.41) is 38.2. The number of halogens is 1. The number of fused-ring (bicyclic) bond motifs is 1. The second-order valence-corrected chi connectivity index (χ2v) is 9.49. The largest absolute Gasteiger partial charge is 1.00 e. The van der Waals surface area contributed by atoms with Gasteiger partial charge >= 0.3 is 29.6 Å². The summed E-state index contributed by atoms with van der Waals surface area (Å²) in [6.45, 7) is 0. The average Bonchev–Trinajstić information content (AvgIpc) is 3.06. The number of oxime groups is 2. The topological polar surface area (TPSA) is 194 Å². The fourth-order valence-electron chi connectivity index (χ4n) is 2.74. The molecule has 1 aromatic rings. The van der Waals surface area contributed by atoms with E-state index in [2.05, 4.69) is 20.6 Å². The molecule has 0 saturated carbocycles. The van der Waals surface area contributed by atoms with Crippen LogP contribution in [0.3, 0.4) is 0 Å². The van der Waals surface area contributed by atoms with Gasteiger partial charge in [-0.2, -0.15) is 0 Å². The number of hydrogen-bond donors (Lipinski definition) is 4. The van der Waals surface area contributed by atoms with Crippen LogP contribution in [-0.2, 0) is 14.4 Å². The summed E-state index contributed by atoms with van der Waals surface area (Å²) in [6, 6.07) is -1.07. The third-order valence-electron chi connectivity index (χ3n) is 4.00. The molecule has 0 spiro atoms. The molecule has 0 radical (unpaired) electrons. The standard InChI is InChI=1S/C15H13ClN6O6S3.Na/c16-10-6(20-15(17)31-10)7(21-28)11(23)19-8-12(24)22-9(14(25)26)5(4-30-13(8)22)29-3-1-2-18-27;/h1-3,8,13,27-28H,4H2,(H2,17,20)(H,19,23)(H,25,26);/q;+1/p-1/b3-1-,18-2+,21-7-;/t8?,13-;/m1./s1. The van der Waals surface area contributed by atoms with Crippen molar-refractivity contribution in [2.75, 3.05) is 11.5 Å². The summed E-state index contributed by atoms with van der Waals surface area (Å²) in [6.07, 6.45) is 2.47. The van der Waals surface area contributed by atoms with E-state index in [1.54, 1.807) is 0 Å². The van der Waals surface area contributed by atoms with Gasteiger partial charge in [0.2, 0.25) is 0 Å². The summed E-state index contributed by atoms with van der Waals surface area (Å²) in [5.74, 6) is -2.92. The third kappa shape index (κ3) is 5.24. The van der Waals surface area contributed by atoms with Crippen LogP contribution in [0.4, 0.5) is 5.13 Å². The van der Waals surface area contributed by atoms with E-state index in [0.717, 1.165) is 34.2 Å². The van der Waals surface area contributed by atoms with Crippen molar-refractivity contribution in [2.45, 2.75) is 11.4 Å². The Hall–Kier alpha value is -1.75. The summed E-state index contributed by atoms with van der Waals surface area (Å²) in [7, 11) is 0. The number of carbonyl (C=O) groups is 3. The van der Waals surface area contributed by atoms with Crippen LogP contribution in [0.2, 0.25) is 4.34 Å². The van der Waals surface area contributed by atoms with E-state index in [4.69, 9.17) is 22.5 Å². The molecule has 2 amide bonds. The number of nitrogens with zero attached hydrogens (tertiary/aromatic N) is 4. The Labute approximate surface area is 219 Å². The molecule has 0 aromatic carbocycles. The normalized spacial score (nSPS) is 20.8. The number of aliphatic carboxylic acids is 1. The predicted molar refractivity (Wildman–Crippen MR) is 114 cm³/mol. The molecule has 3 rings (SSSR count). The first kappa shape index (κ1) is 26.5. The SMILES string of the molecule is Nc1nc(/C(=N/O)C(=O)NC2C(=O)N3C(C(=O)[O-])=C(S/C=C\C=N\O)CS[C@H]23)c(Cl)s1.[Na+]. The molecular weight excluding hydrogens is 515 g/mol. The number of allylic oxidation sites excluding steroid dienone is 1. The van der Waals surface area contributed by atoms with Gasteiger partial charge in [0.05, 0.1) is 17.9 Å². The Morgan fingerprint density at radius 2 is 2.16 bits per heavy atom. The van der Waals surface area contributed by atoms with E-state index in [1.165, 1.54) is 23.2 Å². The number of carboxylic acids is 1. The van der Waals surface area contributed by atoms with Crippen LogP contribution < -0.4 is 45.7 Å². The zero-order valence-electron chi connectivity index (χ0n) is 16.1. The number of aromatic nitrogens is 1. The first-order valence-corrected chi connectivity index (χ1v) is 11.3. The number of anilines is 1. The van der Waals surface area contributed by atoms with Crippen LogP contribution >= 0.6 is 46.5 Å². The molecule has 2 atom stereocenters. The maximum atomic E-state index is 12.6. The first-order chi connectivity index (χ1) is 14.8. The summed E-state index contributed by atoms with van der Waals surface area (Å²) in [4.78, 5) is 42.0. The molecule has 164 valence electrons. The molecule has 32 heavy (non-hydrogen) atoms. The van der Waals surface area contributed by atoms with Gasteiger partial charge in [-0.15, -0.1) is 11.8 Å². The van der Waals surface area contributed by atoms with Crippen molar-refractivity contribution >= 4 is 81.3 Å². The Bertz CT molecular complexity index is 1060. The van der Waals surface area contributed by atoms with Crippen molar-refractivity contribution in [3.8, 4) is 0 Å². The molecule has 2 aliphatic rings. The molecule has 5 N–H and O–H groups in total. The molecule has 2 aliphatic heterocycles. The maximum absolute atomic E-state index is 12.6. The molecule has 12 nitrogen and oxygen atoms in total. The van der Waals surface area contributed by atoms with Crippen molar-refractivity contribution in [1.82, 2.24) is 15.2 Å². The number of nitrogen functional groups attached to an aromatic ring is 1. The van der Waals surface area contributed by atoms with Gasteiger partial charge in [0.15, 0.2) is 10.8 Å². The molecular formula is C15H12ClN6NaO6S3. The molecule has 17 heteroatoms. The second-order valence-electron chi connectivity index (χ2n) is 5.75. The Kier molecular flexibility index (Phi) is 9.44. The van der Waals surface area contributed by atoms with Gasteiger partial charge in [-0.05, 0) is 11.5 Å². The third-order valence-corrected chi connectivity index (χ3v) is 7.46. The molecule has 0 bridgehead atoms. The number of thioether (sulfide) groups is 2. The predicted octanol–water partition coefficient (Wildman–Crippen LogP) is -3.37. The summed E-state index contributed by atoms with van der Waals surface area (Å²) in [5.41, 5.74) is 4.54. The van der Waals surface area contributed by atoms with Crippen molar-refractivity contribution < 1.29 is 59.5 Å². The minimum absolute atomic E-state index is 0. The van der Waals surface area contributed by atoms with Gasteiger partial charge in [-0.3, -0.25) is 14.5 Å². The van der Waals surface area contributed by atoms with Gasteiger partial charge < -0.3 is 31.4 Å². The minimum atomic E-state index is -1.54. The van der Waals surface area contributed by atoms with E-state index in [-0.39, 0.29) is 56.2 Å². The van der Waals surface area contributed by atoms with Crippen LogP contribution in [0.5, 0.6) is 0 Å². The van der Waals surface area contributed by atoms with Gasteiger partial charge in [0, 0.05) is 10.7 Å². The first-order valence-electron chi connectivity index (χ1n) is 8.13. The van der Waals surface area contributed by atoms with Crippen molar-refractivity contribution in [1.29, 1.82) is 0 Å². The minimum Gasteiger partial charge on any atom is -0.543 e. The van der Waals surface area contributed by atoms with E-state index in [9.17, 15) is 24.7 Å². The van der Waals surface area contributed by atoms with E-state index in [0.29, 0.717) is 4.91 Å². The van der Waals surface area contributed by atoms with Crippen LogP contribution in [0.15, 0.2) is 32.4 Å². The molecule has 1 fully saturated rings. The van der Waals surface area contributed by atoms with Gasteiger partial charge in [-0.1, -0.05) is 45.0 Å². The number of thiazole rings is 1. The number of hydrogen-bond acceptors (Lipinski definition) is 13. The van der Waals surface area contributed by atoms with E-state index in [1.807, 2.05) is 0 Å². The van der Waals surface area contributed by atoms with E-state index < -0.39 is 34.9 Å². The van der Waals surface area contributed by atoms with Gasteiger partial charge in [0.1, 0.15) is 21.4 Å². The molecule has 1 saturated heterocycles. The van der Waals surface area contributed by atoms with Crippen molar-refractivity contribution in [3.63, 3.8) is 0 Å². The number of β-lactam (4-membered cyclic amide) rings is 1. The van der Waals surface area contributed by atoms with Gasteiger partial charge in [0.25, 0.3) is 11.8 Å². The smallest absolute Gasteiger partial charge is 0.543 e. The Morgan fingerprint density at radius 1 is 1.44 bits per heavy atom. The molecule has 3 heterocycles. The van der Waals surface area contributed by atoms with Crippen LogP contribution in [0, 0.1) is 0 Å². The molecule has 1 aromatic heterocycles. The number of amides is 2. The number of carboxylic acid groups (broad SMARTS) is 1. The Balaban J connectivity index is 0.00000363. The van der Waals surface area contributed by atoms with Crippen LogP contribution in [0.25, 0.3) is 0 Å². The van der Waals surface area contributed by atoms with Crippen molar-refractivity contribution in [3.05, 3.63) is 32.1 Å². The fraction of sp³-hybridized carbons (Fsp3) is 0.200. The summed E-state index contributed by atoms with van der Waals surface area (Å²) >= 11 is 9.06. The fourth-order valence-corrected chi connectivity index (χ4v) is 5.94. The number of carbonyl (C=O) groups excluding carboxylic acids is 3. The molecule has 1 unspecified atom stereocenters. The quantitative estimate of drug-likeness (QED) is 0.0915. The zero-order chi connectivity index (χ0) is 22.7. The van der Waals surface area contributed by atoms with Gasteiger partial charge in [-0.25, -0.2) is 4.98 Å². The second kappa shape index (κ2) is 11.4. The maximum Gasteiger partial charge on any atom is 1.00 e. The van der Waals surface area contributed by atoms with Crippen molar-refractivity contribution in [2.24, 2.45) is 10.3 Å². The number of nitrogens with two attached hydrogens (primary N) is 1. The zero-order valence-corrected chi connectivity index (χ0v) is 21.3. The van der Waals surface area contributed by atoms with Crippen LogP contribution in [0.1, 0.15) is 5.69 Å². The monoisotopic (exact) mass is 526 g/mol. The molecule has 0 aliphatic carbocycles. The summed E-state index contributed by atoms with van der Waals surface area (Å²) < 4.78 is 0.0252. The van der Waals surface area contributed by atoms with E-state index >= 15 is 0 Å². The number of rotatable bonds is 7. The Morgan fingerprint density at radius 3 is 2.72 bits per heavy atom. The average molecular weight is 527 g/mol. The van der Waals surface area contributed by atoms with Crippen LogP contribution in [-0.4, -0.2) is 67.2 Å².